The van der Waals surface area contributed by atoms with Crippen molar-refractivity contribution in [3.63, 3.8) is 0 Å². The molecule has 1 heterocycles. The number of benzene rings is 2. The number of carbonyl (C=O) groups excluding carboxylic acids is 2. The summed E-state index contributed by atoms with van der Waals surface area (Å²) in [5.41, 5.74) is 2.02. The first kappa shape index (κ1) is 28.3. The number of esters is 1. The van der Waals surface area contributed by atoms with E-state index >= 15 is 0 Å². The monoisotopic (exact) mass is 534 g/mol. The highest BCUT2D eigenvalue weighted by Crippen LogP contribution is 2.36. The molecule has 0 N–H and O–H groups in total. The first-order chi connectivity index (χ1) is 18.7. The molecular weight excluding hydrogens is 496 g/mol. The van der Waals surface area contributed by atoms with Crippen LogP contribution in [0.25, 0.3) is 6.08 Å². The van der Waals surface area contributed by atoms with E-state index in [-0.39, 0.29) is 35.1 Å². The van der Waals surface area contributed by atoms with Gasteiger partial charge in [-0.25, -0.2) is 4.79 Å². The van der Waals surface area contributed by atoms with Crippen molar-refractivity contribution >= 4 is 17.8 Å². The van der Waals surface area contributed by atoms with Gasteiger partial charge in [-0.2, -0.15) is 0 Å². The van der Waals surface area contributed by atoms with Crippen LogP contribution in [0.4, 0.5) is 0 Å². The van der Waals surface area contributed by atoms with E-state index in [0.29, 0.717) is 49.7 Å². The molecule has 2 aromatic rings. The Labute approximate surface area is 230 Å². The molecule has 1 fully saturated rings. The maximum atomic E-state index is 13.1. The van der Waals surface area contributed by atoms with Crippen LogP contribution in [0.3, 0.4) is 0 Å². The van der Waals surface area contributed by atoms with Crippen LogP contribution in [-0.2, 0) is 24.5 Å². The lowest BCUT2D eigenvalue weighted by atomic mass is 9.80. The van der Waals surface area contributed by atoms with Crippen molar-refractivity contribution in [3.8, 4) is 17.2 Å². The number of carbonyl (C=O) groups is 2. The second-order valence-electron chi connectivity index (χ2n) is 10.8. The Morgan fingerprint density at radius 1 is 1.00 bits per heavy atom. The van der Waals surface area contributed by atoms with Crippen molar-refractivity contribution < 1.29 is 33.3 Å². The van der Waals surface area contributed by atoms with Crippen molar-refractivity contribution in [2.45, 2.75) is 71.5 Å². The average molecular weight is 535 g/mol. The minimum Gasteiger partial charge on any atom is -0.493 e. The molecule has 1 saturated carbocycles. The molecule has 3 atom stereocenters. The van der Waals surface area contributed by atoms with Crippen LogP contribution in [0, 0.1) is 5.92 Å². The van der Waals surface area contributed by atoms with Crippen LogP contribution < -0.4 is 14.2 Å². The third kappa shape index (κ3) is 7.22. The molecule has 208 valence electrons. The molecule has 7 nitrogen and oxygen atoms in total. The minimum absolute atomic E-state index is 0.0368. The molecule has 1 aliphatic carbocycles. The van der Waals surface area contributed by atoms with E-state index in [1.165, 1.54) is 17.9 Å². The fraction of sp³-hybridized carbons (Fsp3) is 0.438. The van der Waals surface area contributed by atoms with Crippen molar-refractivity contribution in [1.82, 2.24) is 0 Å². The molecule has 0 radical (unpaired) electrons. The summed E-state index contributed by atoms with van der Waals surface area (Å²) in [4.78, 5) is 25.6. The quantitative estimate of drug-likeness (QED) is 0.272. The molecule has 0 saturated heterocycles. The van der Waals surface area contributed by atoms with Gasteiger partial charge in [0.2, 0.25) is 11.5 Å². The first-order valence-corrected chi connectivity index (χ1v) is 13.6. The van der Waals surface area contributed by atoms with Crippen molar-refractivity contribution in [3.05, 3.63) is 71.7 Å². The van der Waals surface area contributed by atoms with Crippen molar-refractivity contribution in [2.24, 2.45) is 5.92 Å². The molecule has 7 heteroatoms. The molecule has 4 rings (SSSR count). The van der Waals surface area contributed by atoms with Crippen LogP contribution >= 0.6 is 0 Å². The lowest BCUT2D eigenvalue weighted by molar-refractivity contribution is -0.149. The summed E-state index contributed by atoms with van der Waals surface area (Å²) in [6.07, 6.45) is 5.42. The molecule has 0 bridgehead atoms. The summed E-state index contributed by atoms with van der Waals surface area (Å²) in [5, 5.41) is 0. The van der Waals surface area contributed by atoms with Gasteiger partial charge in [-0.15, -0.1) is 0 Å². The smallest absolute Gasteiger partial charge is 0.331 e. The standard InChI is InChI=1S/C32H38O7/c1-6-35-26-16-8-21(18-28(26)36-7-2)9-17-30(33)39-24-14-15-25-27(19-24)37-20-29(31(25)34)38-23-12-10-22(11-13-23)32(3,4)5/h8-13,16-18,20,24-25,27H,6-7,14-15,19H2,1-5H3/b17-9+. The highest BCUT2D eigenvalue weighted by molar-refractivity contribution is 5.96. The van der Waals surface area contributed by atoms with Gasteiger partial charge in [-0.1, -0.05) is 39.0 Å². The Balaban J connectivity index is 1.32. The van der Waals surface area contributed by atoms with Crippen LogP contribution in [0.2, 0.25) is 0 Å². The van der Waals surface area contributed by atoms with E-state index in [4.69, 9.17) is 23.7 Å². The van der Waals surface area contributed by atoms with E-state index < -0.39 is 5.97 Å². The number of rotatable bonds is 9. The third-order valence-electron chi connectivity index (χ3n) is 6.88. The summed E-state index contributed by atoms with van der Waals surface area (Å²) in [6, 6.07) is 13.3. The molecule has 2 aromatic carbocycles. The van der Waals surface area contributed by atoms with Crippen LogP contribution in [0.15, 0.2) is 60.6 Å². The second kappa shape index (κ2) is 12.4. The van der Waals surface area contributed by atoms with Crippen LogP contribution in [0.1, 0.15) is 65.0 Å². The first-order valence-electron chi connectivity index (χ1n) is 13.6. The summed E-state index contributed by atoms with van der Waals surface area (Å²) in [5.74, 6) is 1.27. The second-order valence-corrected chi connectivity index (χ2v) is 10.8. The summed E-state index contributed by atoms with van der Waals surface area (Å²) < 4.78 is 28.7. The Hall–Kier alpha value is -3.74. The molecule has 0 spiro atoms. The van der Waals surface area contributed by atoms with Crippen molar-refractivity contribution in [2.75, 3.05) is 13.2 Å². The molecular formula is C32H38O7. The molecule has 2 aliphatic rings. The van der Waals surface area contributed by atoms with E-state index in [1.807, 2.05) is 56.3 Å². The Morgan fingerprint density at radius 2 is 1.72 bits per heavy atom. The van der Waals surface area contributed by atoms with Gasteiger partial charge in [0.15, 0.2) is 11.5 Å². The molecule has 39 heavy (non-hydrogen) atoms. The van der Waals surface area contributed by atoms with E-state index in [9.17, 15) is 9.59 Å². The summed E-state index contributed by atoms with van der Waals surface area (Å²) in [7, 11) is 0. The molecule has 1 aliphatic heterocycles. The summed E-state index contributed by atoms with van der Waals surface area (Å²) in [6.45, 7) is 11.3. The van der Waals surface area contributed by atoms with Crippen molar-refractivity contribution in [1.29, 1.82) is 0 Å². The zero-order valence-electron chi connectivity index (χ0n) is 23.4. The SMILES string of the molecule is CCOc1ccc(/C=C/C(=O)OC2CCC3C(=O)C(Oc4ccc(C(C)(C)C)cc4)=COC3C2)cc1OCC. The topological polar surface area (TPSA) is 80.3 Å². The average Bonchev–Trinajstić information content (AvgIpc) is 2.90. The number of ketones is 1. The normalized spacial score (nSPS) is 21.0. The number of ether oxygens (including phenoxy) is 5. The minimum atomic E-state index is -0.439. The van der Waals surface area contributed by atoms with Gasteiger partial charge < -0.3 is 23.7 Å². The van der Waals surface area contributed by atoms with Crippen LogP contribution in [0.5, 0.6) is 17.2 Å². The van der Waals surface area contributed by atoms with Gasteiger partial charge in [0.05, 0.1) is 19.1 Å². The van der Waals surface area contributed by atoms with Gasteiger partial charge >= 0.3 is 5.97 Å². The number of allylic oxidation sites excluding steroid dienone is 1. The van der Waals surface area contributed by atoms with E-state index in [0.717, 1.165) is 5.56 Å². The fourth-order valence-corrected chi connectivity index (χ4v) is 4.80. The summed E-state index contributed by atoms with van der Waals surface area (Å²) >= 11 is 0. The third-order valence-corrected chi connectivity index (χ3v) is 6.88. The number of hydrogen-bond acceptors (Lipinski definition) is 7. The Morgan fingerprint density at radius 3 is 2.41 bits per heavy atom. The Kier molecular flexibility index (Phi) is 9.00. The van der Waals surface area contributed by atoms with Gasteiger partial charge in [0.25, 0.3) is 0 Å². The van der Waals surface area contributed by atoms with E-state index in [2.05, 4.69) is 20.8 Å². The highest BCUT2D eigenvalue weighted by Gasteiger charge is 2.42. The number of Topliss-reactive ketones (excluding diaryl/α,β-unsaturated/α-hetero) is 1. The van der Waals surface area contributed by atoms with Crippen LogP contribution in [-0.4, -0.2) is 37.2 Å². The number of hydrogen-bond donors (Lipinski definition) is 0. The molecule has 3 unspecified atom stereocenters. The fourth-order valence-electron chi connectivity index (χ4n) is 4.80. The zero-order valence-corrected chi connectivity index (χ0v) is 23.4. The lowest BCUT2D eigenvalue weighted by Crippen LogP contribution is -2.42. The Bertz CT molecular complexity index is 1220. The zero-order chi connectivity index (χ0) is 28.0. The molecule has 0 amide bonds. The van der Waals surface area contributed by atoms with Gasteiger partial charge in [0, 0.05) is 12.5 Å². The highest BCUT2D eigenvalue weighted by atomic mass is 16.6. The predicted molar refractivity (Wildman–Crippen MR) is 149 cm³/mol. The van der Waals surface area contributed by atoms with Gasteiger partial charge in [-0.05, 0) is 73.6 Å². The lowest BCUT2D eigenvalue weighted by Gasteiger charge is -2.36. The maximum Gasteiger partial charge on any atom is 0.331 e. The van der Waals surface area contributed by atoms with E-state index in [1.54, 1.807) is 6.08 Å². The number of fused-ring (bicyclic) bond motifs is 1. The largest absolute Gasteiger partial charge is 0.493 e. The predicted octanol–water partition coefficient (Wildman–Crippen LogP) is 6.39. The van der Waals surface area contributed by atoms with Gasteiger partial charge in [-0.3, -0.25) is 4.79 Å². The molecule has 0 aromatic heterocycles. The maximum absolute atomic E-state index is 13.1. The van der Waals surface area contributed by atoms with Gasteiger partial charge in [0.1, 0.15) is 24.2 Å².